The van der Waals surface area contributed by atoms with E-state index in [2.05, 4.69) is 10.3 Å². The van der Waals surface area contributed by atoms with Gasteiger partial charge < -0.3 is 9.64 Å². The average molecular weight is 315 g/mol. The van der Waals surface area contributed by atoms with E-state index in [-0.39, 0.29) is 11.9 Å². The molecule has 2 aromatic carbocycles. The lowest BCUT2D eigenvalue weighted by Crippen LogP contribution is -2.17. The van der Waals surface area contributed by atoms with Crippen LogP contribution in [0.25, 0.3) is 11.0 Å². The molecule has 120 valence electrons. The predicted octanol–water partition coefficient (Wildman–Crippen LogP) is 3.71. The van der Waals surface area contributed by atoms with Crippen LogP contribution in [0.3, 0.4) is 0 Å². The second-order valence-electron chi connectivity index (χ2n) is 5.53. The summed E-state index contributed by atoms with van der Waals surface area (Å²) in [6.45, 7) is 2.59. The molecule has 0 aliphatic heterocycles. The molecular weight excluding hydrogens is 297 g/mol. The molecule has 23 heavy (non-hydrogen) atoms. The first-order valence-electron chi connectivity index (χ1n) is 7.33. The number of anilines is 1. The normalized spacial score (nSPS) is 12.5. The minimum Gasteiger partial charge on any atom is -0.377 e. The maximum Gasteiger partial charge on any atom is 0.158 e. The van der Waals surface area contributed by atoms with E-state index in [9.17, 15) is 4.39 Å². The number of methoxy groups -OCH3 is 1. The number of ether oxygens (including phenoxy) is 1. The molecule has 0 aliphatic carbocycles. The number of hydrogen-bond acceptors (Lipinski definition) is 5. The Morgan fingerprint density at radius 2 is 1.96 bits per heavy atom. The van der Waals surface area contributed by atoms with Gasteiger partial charge in [-0.1, -0.05) is 12.1 Å². The fraction of sp³-hybridized carbons (Fsp3) is 0.294. The van der Waals surface area contributed by atoms with Crippen molar-refractivity contribution in [2.75, 3.05) is 19.1 Å². The van der Waals surface area contributed by atoms with E-state index in [1.165, 1.54) is 12.1 Å². The topological polar surface area (TPSA) is 51.4 Å². The fourth-order valence-electron chi connectivity index (χ4n) is 2.50. The highest BCUT2D eigenvalue weighted by Gasteiger charge is 2.16. The fourth-order valence-corrected chi connectivity index (χ4v) is 2.50. The zero-order valence-corrected chi connectivity index (χ0v) is 13.3. The highest BCUT2D eigenvalue weighted by Crippen LogP contribution is 2.30. The summed E-state index contributed by atoms with van der Waals surface area (Å²) in [7, 11) is 3.62. The third-order valence-corrected chi connectivity index (χ3v) is 3.93. The zero-order valence-electron chi connectivity index (χ0n) is 13.3. The molecule has 1 atom stereocenters. The van der Waals surface area contributed by atoms with Crippen molar-refractivity contribution < 1.29 is 13.8 Å². The Morgan fingerprint density at radius 3 is 2.65 bits per heavy atom. The molecule has 1 unspecified atom stereocenters. The van der Waals surface area contributed by atoms with Crippen LogP contribution < -0.4 is 4.90 Å². The maximum atomic E-state index is 13.0. The van der Waals surface area contributed by atoms with Gasteiger partial charge >= 0.3 is 0 Å². The monoisotopic (exact) mass is 315 g/mol. The predicted molar refractivity (Wildman–Crippen MR) is 85.7 cm³/mol. The largest absolute Gasteiger partial charge is 0.377 e. The van der Waals surface area contributed by atoms with Gasteiger partial charge in [-0.2, -0.15) is 0 Å². The first-order chi connectivity index (χ1) is 11.1. The molecule has 3 rings (SSSR count). The highest BCUT2D eigenvalue weighted by atomic mass is 19.1. The van der Waals surface area contributed by atoms with Crippen molar-refractivity contribution in [2.45, 2.75) is 19.6 Å². The number of hydrogen-bond donors (Lipinski definition) is 0. The summed E-state index contributed by atoms with van der Waals surface area (Å²) in [4.78, 5) is 2.03. The van der Waals surface area contributed by atoms with Crippen LogP contribution in [0.5, 0.6) is 0 Å². The Bertz CT molecular complexity index is 801. The molecule has 0 amide bonds. The Kier molecular flexibility index (Phi) is 4.25. The second-order valence-corrected chi connectivity index (χ2v) is 5.53. The maximum absolute atomic E-state index is 13.0. The lowest BCUT2D eigenvalue weighted by Gasteiger charge is -2.21. The highest BCUT2D eigenvalue weighted by molar-refractivity contribution is 5.88. The van der Waals surface area contributed by atoms with E-state index in [1.54, 1.807) is 19.2 Å². The Hall–Kier alpha value is -2.47. The lowest BCUT2D eigenvalue weighted by atomic mass is 10.1. The van der Waals surface area contributed by atoms with Gasteiger partial charge in [-0.3, -0.25) is 0 Å². The molecule has 1 aromatic heterocycles. The van der Waals surface area contributed by atoms with Crippen LogP contribution in [-0.2, 0) is 11.3 Å². The first kappa shape index (κ1) is 15.4. The molecular formula is C17H18FN3O2. The van der Waals surface area contributed by atoms with E-state index in [1.807, 2.05) is 31.0 Å². The quantitative estimate of drug-likeness (QED) is 0.718. The van der Waals surface area contributed by atoms with Gasteiger partial charge in [0.2, 0.25) is 0 Å². The van der Waals surface area contributed by atoms with Crippen LogP contribution in [0.4, 0.5) is 10.1 Å². The molecule has 0 saturated carbocycles. The minimum absolute atomic E-state index is 0.0610. The van der Waals surface area contributed by atoms with Crippen molar-refractivity contribution in [3.63, 3.8) is 0 Å². The number of halogens is 1. The molecule has 6 heteroatoms. The van der Waals surface area contributed by atoms with Crippen molar-refractivity contribution >= 4 is 16.7 Å². The van der Waals surface area contributed by atoms with Gasteiger partial charge in [0.15, 0.2) is 5.52 Å². The summed E-state index contributed by atoms with van der Waals surface area (Å²) >= 11 is 0. The summed E-state index contributed by atoms with van der Waals surface area (Å²) < 4.78 is 23.3. The summed E-state index contributed by atoms with van der Waals surface area (Å²) in [5.74, 6) is -0.240. The molecule has 5 nitrogen and oxygen atoms in total. The smallest absolute Gasteiger partial charge is 0.158 e. The Balaban J connectivity index is 1.96. The minimum atomic E-state index is -0.240. The summed E-state index contributed by atoms with van der Waals surface area (Å²) in [5.41, 5.74) is 4.28. The molecule has 3 aromatic rings. The van der Waals surface area contributed by atoms with Crippen LogP contribution in [-0.4, -0.2) is 24.5 Å². The van der Waals surface area contributed by atoms with Crippen molar-refractivity contribution in [2.24, 2.45) is 0 Å². The summed E-state index contributed by atoms with van der Waals surface area (Å²) in [6.07, 6.45) is -0.0610. The molecule has 0 spiro atoms. The second kappa shape index (κ2) is 6.34. The van der Waals surface area contributed by atoms with Crippen molar-refractivity contribution in [3.8, 4) is 0 Å². The van der Waals surface area contributed by atoms with Gasteiger partial charge in [0, 0.05) is 20.7 Å². The first-order valence-corrected chi connectivity index (χ1v) is 7.33. The van der Waals surface area contributed by atoms with Crippen molar-refractivity contribution in [3.05, 3.63) is 53.3 Å². The van der Waals surface area contributed by atoms with E-state index in [0.29, 0.717) is 17.6 Å². The van der Waals surface area contributed by atoms with Crippen LogP contribution in [0, 0.1) is 5.82 Å². The third-order valence-electron chi connectivity index (χ3n) is 3.93. The number of aromatic nitrogens is 2. The molecule has 0 radical (unpaired) electrons. The van der Waals surface area contributed by atoms with Gasteiger partial charge in [0.1, 0.15) is 11.3 Å². The standard InChI is InChI=1S/C17H18FN3O2/c1-11(22-3)13-8-15-17(20-23-19-15)16(9-13)21(2)10-12-4-6-14(18)7-5-12/h4-9,11H,10H2,1-3H3. The summed E-state index contributed by atoms with van der Waals surface area (Å²) in [5, 5.41) is 7.93. The van der Waals surface area contributed by atoms with Gasteiger partial charge in [-0.25, -0.2) is 9.02 Å². The van der Waals surface area contributed by atoms with Crippen LogP contribution >= 0.6 is 0 Å². The number of benzene rings is 2. The number of nitrogens with zero attached hydrogens (tertiary/aromatic N) is 3. The SMILES string of the molecule is COC(C)c1cc(N(C)Cc2ccc(F)cc2)c2nonc2c1. The molecule has 1 heterocycles. The zero-order chi connectivity index (χ0) is 16.4. The van der Waals surface area contributed by atoms with Gasteiger partial charge in [0.25, 0.3) is 0 Å². The van der Waals surface area contributed by atoms with Gasteiger partial charge in [-0.15, -0.1) is 0 Å². The summed E-state index contributed by atoms with van der Waals surface area (Å²) in [6, 6.07) is 10.4. The molecule has 0 aliphatic rings. The van der Waals surface area contributed by atoms with Crippen LogP contribution in [0.1, 0.15) is 24.2 Å². The average Bonchev–Trinajstić information content (AvgIpc) is 3.03. The lowest BCUT2D eigenvalue weighted by molar-refractivity contribution is 0.119. The van der Waals surface area contributed by atoms with E-state index in [0.717, 1.165) is 16.8 Å². The van der Waals surface area contributed by atoms with Gasteiger partial charge in [0.05, 0.1) is 11.8 Å². The van der Waals surface area contributed by atoms with E-state index >= 15 is 0 Å². The Morgan fingerprint density at radius 1 is 1.22 bits per heavy atom. The molecule has 0 fully saturated rings. The number of rotatable bonds is 5. The van der Waals surface area contributed by atoms with Crippen LogP contribution in [0.2, 0.25) is 0 Å². The van der Waals surface area contributed by atoms with E-state index in [4.69, 9.17) is 9.37 Å². The number of fused-ring (bicyclic) bond motifs is 1. The Labute approximate surface area is 133 Å². The molecule has 0 N–H and O–H groups in total. The van der Waals surface area contributed by atoms with E-state index < -0.39 is 0 Å². The van der Waals surface area contributed by atoms with Crippen LogP contribution in [0.15, 0.2) is 41.0 Å². The third kappa shape index (κ3) is 3.17. The molecule has 0 bridgehead atoms. The van der Waals surface area contributed by atoms with Crippen molar-refractivity contribution in [1.82, 2.24) is 10.3 Å². The molecule has 0 saturated heterocycles. The van der Waals surface area contributed by atoms with Crippen molar-refractivity contribution in [1.29, 1.82) is 0 Å². The van der Waals surface area contributed by atoms with Gasteiger partial charge in [-0.05, 0) is 52.6 Å².